The highest BCUT2D eigenvalue weighted by Gasteiger charge is 2.61. The van der Waals surface area contributed by atoms with Crippen LogP contribution in [0.15, 0.2) is 30.3 Å². The Hall–Kier alpha value is -1.88. The van der Waals surface area contributed by atoms with Gasteiger partial charge in [-0.25, -0.2) is 4.79 Å². The van der Waals surface area contributed by atoms with Crippen LogP contribution in [0, 0.1) is 0 Å². The van der Waals surface area contributed by atoms with Crippen molar-refractivity contribution in [3.05, 3.63) is 35.9 Å². The number of carbonyl (C=O) groups is 2. The summed E-state index contributed by atoms with van der Waals surface area (Å²) < 4.78 is 0. The number of aliphatic hydroxyl groups is 1. The zero-order valence-corrected chi connectivity index (χ0v) is 15.3. The SMILES string of the molecule is O=C1N(C2CCCCC2)C(=O)C(O)(c2ccccc2)N1C1CCCCC1. The van der Waals surface area contributed by atoms with Crippen molar-refractivity contribution >= 4 is 11.9 Å². The lowest BCUT2D eigenvalue weighted by atomic mass is 9.91. The van der Waals surface area contributed by atoms with Crippen molar-refractivity contribution in [1.82, 2.24) is 9.80 Å². The van der Waals surface area contributed by atoms with Crippen molar-refractivity contribution in [1.29, 1.82) is 0 Å². The second kappa shape index (κ2) is 7.03. The summed E-state index contributed by atoms with van der Waals surface area (Å²) in [4.78, 5) is 29.7. The predicted octanol–water partition coefficient (Wildman–Crippen LogP) is 3.76. The van der Waals surface area contributed by atoms with Crippen LogP contribution in [0.5, 0.6) is 0 Å². The van der Waals surface area contributed by atoms with Crippen LogP contribution in [0.25, 0.3) is 0 Å². The van der Waals surface area contributed by atoms with Gasteiger partial charge in [0.2, 0.25) is 0 Å². The van der Waals surface area contributed by atoms with Gasteiger partial charge in [0.15, 0.2) is 0 Å². The van der Waals surface area contributed by atoms with E-state index in [0.717, 1.165) is 64.2 Å². The van der Waals surface area contributed by atoms with Crippen molar-refractivity contribution in [2.45, 2.75) is 82.0 Å². The molecule has 1 aromatic carbocycles. The van der Waals surface area contributed by atoms with E-state index in [9.17, 15) is 14.7 Å². The molecule has 0 spiro atoms. The maximum Gasteiger partial charge on any atom is 0.330 e. The minimum Gasteiger partial charge on any atom is -0.359 e. The summed E-state index contributed by atoms with van der Waals surface area (Å²) >= 11 is 0. The molecule has 3 aliphatic rings. The highest BCUT2D eigenvalue weighted by molar-refractivity contribution is 6.06. The largest absolute Gasteiger partial charge is 0.359 e. The molecule has 1 aromatic rings. The molecule has 0 radical (unpaired) electrons. The Balaban J connectivity index is 1.75. The van der Waals surface area contributed by atoms with Gasteiger partial charge >= 0.3 is 6.03 Å². The molecule has 5 nitrogen and oxygen atoms in total. The van der Waals surface area contributed by atoms with Crippen LogP contribution < -0.4 is 0 Å². The van der Waals surface area contributed by atoms with Crippen LogP contribution in [-0.2, 0) is 10.5 Å². The van der Waals surface area contributed by atoms with Gasteiger partial charge in [0, 0.05) is 17.6 Å². The summed E-state index contributed by atoms with van der Waals surface area (Å²) in [7, 11) is 0. The van der Waals surface area contributed by atoms with Gasteiger partial charge in [0.25, 0.3) is 11.6 Å². The molecule has 4 rings (SSSR count). The molecule has 1 heterocycles. The number of amides is 3. The molecule has 1 N–H and O–H groups in total. The lowest BCUT2D eigenvalue weighted by Gasteiger charge is -2.38. The molecule has 140 valence electrons. The van der Waals surface area contributed by atoms with E-state index in [1.807, 2.05) is 18.2 Å². The van der Waals surface area contributed by atoms with Crippen molar-refractivity contribution in [3.63, 3.8) is 0 Å². The van der Waals surface area contributed by atoms with E-state index in [0.29, 0.717) is 5.56 Å². The topological polar surface area (TPSA) is 60.9 Å². The maximum atomic E-state index is 13.4. The number of urea groups is 1. The smallest absolute Gasteiger partial charge is 0.330 e. The molecular weight excluding hydrogens is 328 g/mol. The van der Waals surface area contributed by atoms with Gasteiger partial charge in [-0.15, -0.1) is 0 Å². The van der Waals surface area contributed by atoms with Gasteiger partial charge in [-0.1, -0.05) is 68.9 Å². The molecule has 1 aliphatic heterocycles. The number of hydrogen-bond donors (Lipinski definition) is 1. The third-order valence-electron chi connectivity index (χ3n) is 6.33. The summed E-state index contributed by atoms with van der Waals surface area (Å²) in [5.74, 6) is -0.453. The lowest BCUT2D eigenvalue weighted by molar-refractivity contribution is -0.160. The van der Waals surface area contributed by atoms with Crippen LogP contribution in [0.4, 0.5) is 4.79 Å². The number of benzene rings is 1. The van der Waals surface area contributed by atoms with Crippen molar-refractivity contribution in [3.8, 4) is 0 Å². The van der Waals surface area contributed by atoms with E-state index in [2.05, 4.69) is 0 Å². The molecule has 0 aromatic heterocycles. The molecule has 1 unspecified atom stereocenters. The minimum absolute atomic E-state index is 0.0704. The second-order valence-electron chi connectivity index (χ2n) is 7.95. The predicted molar refractivity (Wildman–Crippen MR) is 98.2 cm³/mol. The fourth-order valence-corrected chi connectivity index (χ4v) is 4.97. The summed E-state index contributed by atoms with van der Waals surface area (Å²) in [5.41, 5.74) is -1.36. The average molecular weight is 356 g/mol. The van der Waals surface area contributed by atoms with E-state index in [4.69, 9.17) is 0 Å². The zero-order valence-electron chi connectivity index (χ0n) is 15.3. The first-order valence-electron chi connectivity index (χ1n) is 10.1. The van der Waals surface area contributed by atoms with Gasteiger partial charge in [-0.05, 0) is 25.7 Å². The number of nitrogens with zero attached hydrogens (tertiary/aromatic N) is 2. The fraction of sp³-hybridized carbons (Fsp3) is 0.619. The molecule has 26 heavy (non-hydrogen) atoms. The molecular formula is C21H28N2O3. The third kappa shape index (κ3) is 2.73. The molecule has 3 amide bonds. The Bertz CT molecular complexity index is 665. The Morgan fingerprint density at radius 3 is 1.92 bits per heavy atom. The van der Waals surface area contributed by atoms with E-state index >= 15 is 0 Å². The van der Waals surface area contributed by atoms with Gasteiger partial charge < -0.3 is 5.11 Å². The first-order valence-corrected chi connectivity index (χ1v) is 10.1. The van der Waals surface area contributed by atoms with Crippen LogP contribution in [0.3, 0.4) is 0 Å². The molecule has 3 fully saturated rings. The Morgan fingerprint density at radius 1 is 0.808 bits per heavy atom. The van der Waals surface area contributed by atoms with E-state index in [1.54, 1.807) is 12.1 Å². The van der Waals surface area contributed by atoms with Crippen LogP contribution >= 0.6 is 0 Å². The first kappa shape index (κ1) is 17.5. The number of hydrogen-bond acceptors (Lipinski definition) is 3. The third-order valence-corrected chi connectivity index (χ3v) is 6.33. The average Bonchev–Trinajstić information content (AvgIpc) is 2.90. The van der Waals surface area contributed by atoms with E-state index < -0.39 is 11.6 Å². The monoisotopic (exact) mass is 356 g/mol. The number of imide groups is 1. The summed E-state index contributed by atoms with van der Waals surface area (Å²) in [6, 6.07) is 8.56. The summed E-state index contributed by atoms with van der Waals surface area (Å²) in [6.45, 7) is 0. The van der Waals surface area contributed by atoms with Crippen molar-refractivity contribution in [2.75, 3.05) is 0 Å². The number of carbonyl (C=O) groups excluding carboxylic acids is 2. The summed E-state index contributed by atoms with van der Waals surface area (Å²) in [5, 5.41) is 11.6. The highest BCUT2D eigenvalue weighted by Crippen LogP contribution is 2.42. The molecule has 1 saturated heterocycles. The van der Waals surface area contributed by atoms with Crippen LogP contribution in [-0.4, -0.2) is 38.9 Å². The molecule has 2 saturated carbocycles. The van der Waals surface area contributed by atoms with Gasteiger partial charge in [0.1, 0.15) is 0 Å². The van der Waals surface area contributed by atoms with Crippen LogP contribution in [0.1, 0.15) is 69.8 Å². The quantitative estimate of drug-likeness (QED) is 0.839. The Kier molecular flexibility index (Phi) is 4.74. The van der Waals surface area contributed by atoms with Crippen molar-refractivity contribution in [2.24, 2.45) is 0 Å². The maximum absolute atomic E-state index is 13.4. The van der Waals surface area contributed by atoms with E-state index in [1.165, 1.54) is 9.80 Å². The van der Waals surface area contributed by atoms with Crippen LogP contribution in [0.2, 0.25) is 0 Å². The zero-order chi connectivity index (χ0) is 18.1. The van der Waals surface area contributed by atoms with Gasteiger partial charge in [0.05, 0.1) is 0 Å². The van der Waals surface area contributed by atoms with E-state index in [-0.39, 0.29) is 18.1 Å². The number of rotatable bonds is 3. The lowest BCUT2D eigenvalue weighted by Crippen LogP contribution is -2.52. The molecule has 2 aliphatic carbocycles. The van der Waals surface area contributed by atoms with Crippen molar-refractivity contribution < 1.29 is 14.7 Å². The second-order valence-corrected chi connectivity index (χ2v) is 7.95. The Labute approximate surface area is 155 Å². The fourth-order valence-electron chi connectivity index (χ4n) is 4.97. The Morgan fingerprint density at radius 2 is 1.35 bits per heavy atom. The van der Waals surface area contributed by atoms with Gasteiger partial charge in [-0.2, -0.15) is 0 Å². The molecule has 5 heteroatoms. The van der Waals surface area contributed by atoms with Gasteiger partial charge in [-0.3, -0.25) is 14.6 Å². The summed E-state index contributed by atoms with van der Waals surface area (Å²) in [6.07, 6.45) is 9.86. The molecule has 0 bridgehead atoms. The standard InChI is InChI=1S/C21H28N2O3/c24-19-21(26,16-10-4-1-5-11-16)23(18-14-8-3-9-15-18)20(25)22(19)17-12-6-2-7-13-17/h1,4-5,10-11,17-18,26H,2-3,6-9,12-15H2. The normalized spacial score (nSPS) is 28.8. The first-order chi connectivity index (χ1) is 12.6. The minimum atomic E-state index is -1.86. The molecule has 1 atom stereocenters. The highest BCUT2D eigenvalue weighted by atomic mass is 16.3.